The molecule has 0 aliphatic carbocycles. The molecule has 31 heavy (non-hydrogen) atoms. The van der Waals surface area contributed by atoms with E-state index in [2.05, 4.69) is 20.6 Å². The summed E-state index contributed by atoms with van der Waals surface area (Å²) in [6, 6.07) is 14.5. The first-order valence-corrected chi connectivity index (χ1v) is 11.0. The lowest BCUT2D eigenvalue weighted by atomic mass is 10.1. The highest BCUT2D eigenvalue weighted by Crippen LogP contribution is 2.31. The highest BCUT2D eigenvalue weighted by molar-refractivity contribution is 7.22. The van der Waals surface area contributed by atoms with Gasteiger partial charge >= 0.3 is 0 Å². The SMILES string of the molecule is CNC(=O)c1cc(Oc2ccc3nc(NCCc4c(Cl)cccc4Cl)sc3c2)ccn1. The number of aromatic nitrogens is 2. The highest BCUT2D eigenvalue weighted by Gasteiger charge is 2.10. The van der Waals surface area contributed by atoms with Crippen molar-refractivity contribution in [3.8, 4) is 11.5 Å². The topological polar surface area (TPSA) is 76.1 Å². The van der Waals surface area contributed by atoms with Crippen LogP contribution in [0.5, 0.6) is 11.5 Å². The van der Waals surface area contributed by atoms with Crippen molar-refractivity contribution in [2.45, 2.75) is 6.42 Å². The van der Waals surface area contributed by atoms with Gasteiger partial charge in [-0.15, -0.1) is 0 Å². The summed E-state index contributed by atoms with van der Waals surface area (Å²) in [5, 5.41) is 8.01. The molecule has 0 aliphatic heterocycles. The van der Waals surface area contributed by atoms with Crippen molar-refractivity contribution in [3.63, 3.8) is 0 Å². The zero-order valence-corrected chi connectivity index (χ0v) is 18.8. The van der Waals surface area contributed by atoms with Crippen LogP contribution in [0.2, 0.25) is 10.0 Å². The van der Waals surface area contributed by atoms with Crippen LogP contribution in [0.1, 0.15) is 16.1 Å². The summed E-state index contributed by atoms with van der Waals surface area (Å²) in [6.07, 6.45) is 2.23. The van der Waals surface area contributed by atoms with E-state index < -0.39 is 0 Å². The summed E-state index contributed by atoms with van der Waals surface area (Å²) in [5.74, 6) is 0.921. The van der Waals surface area contributed by atoms with E-state index in [1.54, 1.807) is 25.4 Å². The number of amides is 1. The molecule has 0 atom stereocenters. The van der Waals surface area contributed by atoms with Gasteiger partial charge in [0, 0.05) is 42.0 Å². The van der Waals surface area contributed by atoms with Crippen LogP contribution in [0, 0.1) is 0 Å². The summed E-state index contributed by atoms with van der Waals surface area (Å²) in [7, 11) is 1.56. The molecule has 2 N–H and O–H groups in total. The van der Waals surface area contributed by atoms with Crippen LogP contribution < -0.4 is 15.4 Å². The molecule has 0 unspecified atom stereocenters. The van der Waals surface area contributed by atoms with Gasteiger partial charge in [0.05, 0.1) is 10.2 Å². The third-order valence-electron chi connectivity index (χ3n) is 4.50. The maximum Gasteiger partial charge on any atom is 0.269 e. The van der Waals surface area contributed by atoms with Crippen molar-refractivity contribution in [3.05, 3.63) is 76.0 Å². The number of anilines is 1. The van der Waals surface area contributed by atoms with Crippen LogP contribution in [0.4, 0.5) is 5.13 Å². The van der Waals surface area contributed by atoms with Gasteiger partial charge in [0.15, 0.2) is 5.13 Å². The number of hydrogen-bond acceptors (Lipinski definition) is 6. The molecule has 1 amide bonds. The Kier molecular flexibility index (Phi) is 6.56. The summed E-state index contributed by atoms with van der Waals surface area (Å²) >= 11 is 14.0. The Morgan fingerprint density at radius 1 is 1.10 bits per heavy atom. The van der Waals surface area contributed by atoms with Crippen molar-refractivity contribution in [2.24, 2.45) is 0 Å². The molecule has 9 heteroatoms. The number of rotatable bonds is 7. The summed E-state index contributed by atoms with van der Waals surface area (Å²) in [5.41, 5.74) is 2.09. The Morgan fingerprint density at radius 2 is 1.87 bits per heavy atom. The number of pyridine rings is 1. The van der Waals surface area contributed by atoms with Crippen molar-refractivity contribution < 1.29 is 9.53 Å². The first-order chi connectivity index (χ1) is 15.0. The number of benzene rings is 2. The molecule has 0 saturated carbocycles. The fourth-order valence-electron chi connectivity index (χ4n) is 2.97. The standard InChI is InChI=1S/C22H18Cl2N4O2S/c1-25-21(29)19-11-14(7-9-26-19)30-13-5-6-18-20(12-13)31-22(28-18)27-10-8-15-16(23)3-2-4-17(15)24/h2-7,9,11-12H,8,10H2,1H3,(H,25,29)(H,27,28). The van der Waals surface area contributed by atoms with Crippen LogP contribution in [0.3, 0.4) is 0 Å². The van der Waals surface area contributed by atoms with Gasteiger partial charge in [-0.25, -0.2) is 4.98 Å². The second-order valence-corrected chi connectivity index (χ2v) is 8.43. The number of nitrogens with zero attached hydrogens (tertiary/aromatic N) is 2. The van der Waals surface area contributed by atoms with Crippen molar-refractivity contribution in [1.29, 1.82) is 0 Å². The van der Waals surface area contributed by atoms with Crippen molar-refractivity contribution in [2.75, 3.05) is 18.9 Å². The molecular weight excluding hydrogens is 455 g/mol. The van der Waals surface area contributed by atoms with E-state index in [0.29, 0.717) is 40.2 Å². The van der Waals surface area contributed by atoms with Gasteiger partial charge < -0.3 is 15.4 Å². The van der Waals surface area contributed by atoms with Crippen LogP contribution >= 0.6 is 34.5 Å². The fraction of sp³-hybridized carbons (Fsp3) is 0.136. The predicted octanol–water partition coefficient (Wildman–Crippen LogP) is 5.80. The number of thiazole rings is 1. The average Bonchev–Trinajstić information content (AvgIpc) is 3.17. The van der Waals surface area contributed by atoms with Crippen LogP contribution in [-0.4, -0.2) is 29.5 Å². The number of ether oxygens (including phenoxy) is 1. The first kappa shape index (κ1) is 21.4. The Bertz CT molecular complexity index is 1230. The molecule has 0 bridgehead atoms. The zero-order chi connectivity index (χ0) is 21.8. The maximum atomic E-state index is 11.8. The summed E-state index contributed by atoms with van der Waals surface area (Å²) in [6.45, 7) is 0.659. The lowest BCUT2D eigenvalue weighted by molar-refractivity contribution is 0.0958. The number of halogens is 2. The number of hydrogen-bond donors (Lipinski definition) is 2. The average molecular weight is 473 g/mol. The second kappa shape index (κ2) is 9.51. The molecule has 0 radical (unpaired) electrons. The van der Waals surface area contributed by atoms with Crippen LogP contribution in [0.25, 0.3) is 10.2 Å². The Morgan fingerprint density at radius 3 is 2.65 bits per heavy atom. The minimum Gasteiger partial charge on any atom is -0.457 e. The third-order valence-corrected chi connectivity index (χ3v) is 6.18. The zero-order valence-electron chi connectivity index (χ0n) is 16.5. The van der Waals surface area contributed by atoms with Crippen LogP contribution in [-0.2, 0) is 6.42 Å². The van der Waals surface area contributed by atoms with E-state index in [1.165, 1.54) is 11.3 Å². The third kappa shape index (κ3) is 5.07. The molecule has 4 aromatic rings. The first-order valence-electron chi connectivity index (χ1n) is 9.47. The van der Waals surface area contributed by atoms with Crippen molar-refractivity contribution in [1.82, 2.24) is 15.3 Å². The molecule has 2 aromatic heterocycles. The van der Waals surface area contributed by atoms with Crippen molar-refractivity contribution >= 4 is 55.8 Å². The number of nitrogens with one attached hydrogen (secondary N) is 2. The number of fused-ring (bicyclic) bond motifs is 1. The lowest BCUT2D eigenvalue weighted by Gasteiger charge is -2.07. The summed E-state index contributed by atoms with van der Waals surface area (Å²) < 4.78 is 6.89. The molecule has 2 heterocycles. The Labute approximate surface area is 193 Å². The monoisotopic (exact) mass is 472 g/mol. The van der Waals surface area contributed by atoms with Gasteiger partial charge in [-0.1, -0.05) is 40.6 Å². The maximum absolute atomic E-state index is 11.8. The van der Waals surface area contributed by atoms with E-state index >= 15 is 0 Å². The molecule has 4 rings (SSSR count). The molecule has 0 spiro atoms. The summed E-state index contributed by atoms with van der Waals surface area (Å²) in [4.78, 5) is 20.4. The van der Waals surface area contributed by atoms with E-state index in [9.17, 15) is 4.79 Å². The van der Waals surface area contributed by atoms with Gasteiger partial charge in [0.25, 0.3) is 5.91 Å². The second-order valence-electron chi connectivity index (χ2n) is 6.58. The molecule has 6 nitrogen and oxygen atoms in total. The van der Waals surface area contributed by atoms with E-state index in [0.717, 1.165) is 20.9 Å². The lowest BCUT2D eigenvalue weighted by Crippen LogP contribution is -2.18. The predicted molar refractivity (Wildman–Crippen MR) is 126 cm³/mol. The normalized spacial score (nSPS) is 10.8. The quantitative estimate of drug-likeness (QED) is 0.355. The highest BCUT2D eigenvalue weighted by atomic mass is 35.5. The number of carbonyl (C=O) groups is 1. The smallest absolute Gasteiger partial charge is 0.269 e. The molecule has 0 fully saturated rings. The van der Waals surface area contributed by atoms with Gasteiger partial charge in [-0.3, -0.25) is 9.78 Å². The Hall–Kier alpha value is -2.87. The fourth-order valence-corrected chi connectivity index (χ4v) is 4.48. The molecule has 0 saturated heterocycles. The van der Waals surface area contributed by atoms with E-state index in [4.69, 9.17) is 27.9 Å². The van der Waals surface area contributed by atoms with Gasteiger partial charge in [-0.2, -0.15) is 0 Å². The van der Waals surface area contributed by atoms with Gasteiger partial charge in [-0.05, 0) is 42.3 Å². The van der Waals surface area contributed by atoms with E-state index in [-0.39, 0.29) is 5.91 Å². The number of carbonyl (C=O) groups excluding carboxylic acids is 1. The minimum absolute atomic E-state index is 0.267. The molecule has 0 aliphatic rings. The minimum atomic E-state index is -0.267. The molecular formula is C22H18Cl2N4O2S. The molecule has 158 valence electrons. The van der Waals surface area contributed by atoms with Crippen LogP contribution in [0.15, 0.2) is 54.7 Å². The largest absolute Gasteiger partial charge is 0.457 e. The van der Waals surface area contributed by atoms with E-state index in [1.807, 2.05) is 36.4 Å². The van der Waals surface area contributed by atoms with Gasteiger partial charge in [0.1, 0.15) is 17.2 Å². The molecule has 2 aromatic carbocycles. The van der Waals surface area contributed by atoms with Gasteiger partial charge in [0.2, 0.25) is 0 Å². The Balaban J connectivity index is 1.44.